The van der Waals surface area contributed by atoms with Crippen molar-refractivity contribution in [3.63, 3.8) is 0 Å². The molecule has 1 aliphatic heterocycles. The SMILES string of the molecule is c1c(C2CCCCC2)noc1CN1CCSCC1. The lowest BCUT2D eigenvalue weighted by Crippen LogP contribution is -2.31. The van der Waals surface area contributed by atoms with E-state index in [0.29, 0.717) is 5.92 Å². The zero-order valence-corrected chi connectivity index (χ0v) is 11.8. The van der Waals surface area contributed by atoms with Gasteiger partial charge in [-0.15, -0.1) is 0 Å². The van der Waals surface area contributed by atoms with Crippen LogP contribution < -0.4 is 0 Å². The van der Waals surface area contributed by atoms with Crippen molar-refractivity contribution in [3.05, 3.63) is 17.5 Å². The van der Waals surface area contributed by atoms with E-state index in [1.54, 1.807) is 0 Å². The summed E-state index contributed by atoms with van der Waals surface area (Å²) in [7, 11) is 0. The molecule has 4 heteroatoms. The van der Waals surface area contributed by atoms with Crippen molar-refractivity contribution < 1.29 is 4.52 Å². The topological polar surface area (TPSA) is 29.3 Å². The molecule has 1 aromatic rings. The molecule has 0 aromatic carbocycles. The van der Waals surface area contributed by atoms with E-state index in [9.17, 15) is 0 Å². The van der Waals surface area contributed by atoms with Crippen LogP contribution in [0.25, 0.3) is 0 Å². The largest absolute Gasteiger partial charge is 0.360 e. The highest BCUT2D eigenvalue weighted by Gasteiger charge is 2.20. The third-order valence-corrected chi connectivity index (χ3v) is 5.03. The van der Waals surface area contributed by atoms with Gasteiger partial charge >= 0.3 is 0 Å². The molecule has 0 atom stereocenters. The fourth-order valence-electron chi connectivity index (χ4n) is 2.97. The van der Waals surface area contributed by atoms with Gasteiger partial charge in [0.2, 0.25) is 0 Å². The second kappa shape index (κ2) is 6.11. The molecule has 100 valence electrons. The van der Waals surface area contributed by atoms with Gasteiger partial charge in [-0.2, -0.15) is 11.8 Å². The van der Waals surface area contributed by atoms with E-state index >= 15 is 0 Å². The van der Waals surface area contributed by atoms with Gasteiger partial charge in [0.1, 0.15) is 0 Å². The third kappa shape index (κ3) is 3.09. The number of nitrogens with zero attached hydrogens (tertiary/aromatic N) is 2. The molecule has 0 radical (unpaired) electrons. The maximum Gasteiger partial charge on any atom is 0.150 e. The van der Waals surface area contributed by atoms with E-state index < -0.39 is 0 Å². The summed E-state index contributed by atoms with van der Waals surface area (Å²) in [5, 5.41) is 4.30. The van der Waals surface area contributed by atoms with Crippen LogP contribution in [-0.2, 0) is 6.54 Å². The van der Waals surface area contributed by atoms with Crippen LogP contribution in [0.3, 0.4) is 0 Å². The summed E-state index contributed by atoms with van der Waals surface area (Å²) in [4.78, 5) is 2.47. The van der Waals surface area contributed by atoms with E-state index in [4.69, 9.17) is 4.52 Å². The van der Waals surface area contributed by atoms with Crippen LogP contribution in [0.4, 0.5) is 0 Å². The quantitative estimate of drug-likeness (QED) is 0.839. The maximum atomic E-state index is 5.52. The monoisotopic (exact) mass is 266 g/mol. The van der Waals surface area contributed by atoms with Crippen molar-refractivity contribution in [1.29, 1.82) is 0 Å². The van der Waals surface area contributed by atoms with Gasteiger partial charge < -0.3 is 4.52 Å². The molecular weight excluding hydrogens is 244 g/mol. The number of hydrogen-bond donors (Lipinski definition) is 0. The minimum absolute atomic E-state index is 0.660. The Labute approximate surface area is 113 Å². The Morgan fingerprint density at radius 3 is 2.78 bits per heavy atom. The van der Waals surface area contributed by atoms with E-state index in [2.05, 4.69) is 16.1 Å². The molecule has 0 bridgehead atoms. The van der Waals surface area contributed by atoms with E-state index in [1.165, 1.54) is 62.4 Å². The van der Waals surface area contributed by atoms with Crippen LogP contribution >= 0.6 is 11.8 Å². The van der Waals surface area contributed by atoms with Gasteiger partial charge in [-0.3, -0.25) is 4.90 Å². The zero-order chi connectivity index (χ0) is 12.2. The Balaban J connectivity index is 1.58. The predicted molar refractivity (Wildman–Crippen MR) is 74.9 cm³/mol. The van der Waals surface area contributed by atoms with E-state index in [-0.39, 0.29) is 0 Å². The molecule has 1 saturated heterocycles. The third-order valence-electron chi connectivity index (χ3n) is 4.08. The lowest BCUT2D eigenvalue weighted by Gasteiger charge is -2.24. The summed E-state index contributed by atoms with van der Waals surface area (Å²) in [6.45, 7) is 3.31. The van der Waals surface area contributed by atoms with Gasteiger partial charge in [-0.05, 0) is 12.8 Å². The van der Waals surface area contributed by atoms with Gasteiger partial charge in [-0.25, -0.2) is 0 Å². The molecule has 2 heterocycles. The van der Waals surface area contributed by atoms with Crippen molar-refractivity contribution in [2.45, 2.75) is 44.6 Å². The number of thioether (sulfide) groups is 1. The van der Waals surface area contributed by atoms with Crippen LogP contribution in [0.15, 0.2) is 10.6 Å². The minimum atomic E-state index is 0.660. The smallest absolute Gasteiger partial charge is 0.150 e. The summed E-state index contributed by atoms with van der Waals surface area (Å²) in [6.07, 6.45) is 6.71. The highest BCUT2D eigenvalue weighted by molar-refractivity contribution is 7.99. The lowest BCUT2D eigenvalue weighted by atomic mass is 9.87. The maximum absolute atomic E-state index is 5.52. The summed E-state index contributed by atoms with van der Waals surface area (Å²) in [5.41, 5.74) is 1.20. The molecular formula is C14H22N2OS. The fourth-order valence-corrected chi connectivity index (χ4v) is 3.95. The molecule has 18 heavy (non-hydrogen) atoms. The van der Waals surface area contributed by atoms with Crippen molar-refractivity contribution in [2.24, 2.45) is 0 Å². The summed E-state index contributed by atoms with van der Waals surface area (Å²) in [6, 6.07) is 2.21. The van der Waals surface area contributed by atoms with Gasteiger partial charge in [0, 0.05) is 36.6 Å². The summed E-state index contributed by atoms with van der Waals surface area (Å²) < 4.78 is 5.52. The average Bonchev–Trinajstić information content (AvgIpc) is 2.89. The Kier molecular flexibility index (Phi) is 4.26. The fraction of sp³-hybridized carbons (Fsp3) is 0.786. The molecule has 0 amide bonds. The predicted octanol–water partition coefficient (Wildman–Crippen LogP) is 3.27. The number of aromatic nitrogens is 1. The van der Waals surface area contributed by atoms with Crippen LogP contribution in [0.2, 0.25) is 0 Å². The van der Waals surface area contributed by atoms with Crippen LogP contribution in [0.5, 0.6) is 0 Å². The molecule has 0 unspecified atom stereocenters. The van der Waals surface area contributed by atoms with E-state index in [0.717, 1.165) is 12.3 Å². The average molecular weight is 266 g/mol. The number of rotatable bonds is 3. The van der Waals surface area contributed by atoms with Crippen molar-refractivity contribution in [1.82, 2.24) is 10.1 Å². The molecule has 3 rings (SSSR count). The first-order valence-electron chi connectivity index (χ1n) is 7.17. The first-order chi connectivity index (χ1) is 8.92. The molecule has 3 nitrogen and oxygen atoms in total. The molecule has 2 fully saturated rings. The Hall–Kier alpha value is -0.480. The van der Waals surface area contributed by atoms with Gasteiger partial charge in [0.25, 0.3) is 0 Å². The highest BCUT2D eigenvalue weighted by atomic mass is 32.2. The Morgan fingerprint density at radius 1 is 1.22 bits per heavy atom. The standard InChI is InChI=1S/C14H22N2OS/c1-2-4-12(5-3-1)14-10-13(17-15-14)11-16-6-8-18-9-7-16/h10,12H,1-9,11H2. The van der Waals surface area contributed by atoms with Crippen LogP contribution in [0.1, 0.15) is 49.5 Å². The molecule has 1 aromatic heterocycles. The van der Waals surface area contributed by atoms with Gasteiger partial charge in [0.05, 0.1) is 12.2 Å². The first kappa shape index (κ1) is 12.5. The molecule has 1 saturated carbocycles. The molecule has 0 N–H and O–H groups in total. The second-order valence-electron chi connectivity index (χ2n) is 5.44. The lowest BCUT2D eigenvalue weighted by molar-refractivity contribution is 0.249. The second-order valence-corrected chi connectivity index (χ2v) is 6.67. The molecule has 1 aliphatic carbocycles. The van der Waals surface area contributed by atoms with E-state index in [1.807, 2.05) is 11.8 Å². The van der Waals surface area contributed by atoms with Crippen molar-refractivity contribution in [2.75, 3.05) is 24.6 Å². The van der Waals surface area contributed by atoms with Crippen molar-refractivity contribution >= 4 is 11.8 Å². The van der Waals surface area contributed by atoms with Gasteiger partial charge in [0.15, 0.2) is 5.76 Å². The van der Waals surface area contributed by atoms with Crippen LogP contribution in [-0.4, -0.2) is 34.7 Å². The Bertz CT molecular complexity index is 368. The normalized spacial score (nSPS) is 23.3. The molecule has 2 aliphatic rings. The number of hydrogen-bond acceptors (Lipinski definition) is 4. The van der Waals surface area contributed by atoms with Crippen LogP contribution in [0, 0.1) is 0 Å². The summed E-state index contributed by atoms with van der Waals surface area (Å²) in [5.74, 6) is 4.23. The molecule has 0 spiro atoms. The van der Waals surface area contributed by atoms with Gasteiger partial charge in [-0.1, -0.05) is 24.4 Å². The first-order valence-corrected chi connectivity index (χ1v) is 8.33. The zero-order valence-electron chi connectivity index (χ0n) is 10.9. The van der Waals surface area contributed by atoms with Crippen molar-refractivity contribution in [3.8, 4) is 0 Å². The minimum Gasteiger partial charge on any atom is -0.360 e. The Morgan fingerprint density at radius 2 is 2.00 bits per heavy atom. The summed E-state index contributed by atoms with van der Waals surface area (Å²) >= 11 is 2.05. The highest BCUT2D eigenvalue weighted by Crippen LogP contribution is 2.32.